The molecule has 0 unspecified atom stereocenters. The first-order valence-corrected chi connectivity index (χ1v) is 10.0. The molecule has 1 saturated heterocycles. The van der Waals surface area contributed by atoms with E-state index in [1.807, 2.05) is 23.1 Å². The van der Waals surface area contributed by atoms with Gasteiger partial charge in [0.25, 0.3) is 5.91 Å². The van der Waals surface area contributed by atoms with Crippen molar-refractivity contribution in [3.8, 4) is 0 Å². The van der Waals surface area contributed by atoms with Gasteiger partial charge in [-0.1, -0.05) is 30.3 Å². The van der Waals surface area contributed by atoms with Gasteiger partial charge >= 0.3 is 0 Å². The summed E-state index contributed by atoms with van der Waals surface area (Å²) in [6.07, 6.45) is 0.919. The number of rotatable bonds is 4. The molecule has 150 valence electrons. The topological polar surface area (TPSA) is 69.7 Å². The summed E-state index contributed by atoms with van der Waals surface area (Å²) in [5.74, 6) is 0.451. The van der Waals surface area contributed by atoms with Crippen molar-refractivity contribution in [1.82, 2.24) is 9.80 Å². The summed E-state index contributed by atoms with van der Waals surface area (Å²) in [4.78, 5) is 40.3. The van der Waals surface area contributed by atoms with Gasteiger partial charge in [-0.2, -0.15) is 0 Å². The van der Waals surface area contributed by atoms with E-state index in [0.29, 0.717) is 43.3 Å². The third-order valence-corrected chi connectivity index (χ3v) is 5.67. The van der Waals surface area contributed by atoms with Gasteiger partial charge in [0.15, 0.2) is 0 Å². The number of hydrogen-bond donors (Lipinski definition) is 1. The van der Waals surface area contributed by atoms with Crippen molar-refractivity contribution in [1.29, 1.82) is 0 Å². The van der Waals surface area contributed by atoms with E-state index >= 15 is 0 Å². The van der Waals surface area contributed by atoms with E-state index in [4.69, 9.17) is 0 Å². The molecule has 3 amide bonds. The first-order chi connectivity index (χ1) is 14.0. The van der Waals surface area contributed by atoms with Crippen LogP contribution in [0.5, 0.6) is 0 Å². The number of carbonyl (C=O) groups excluding carboxylic acids is 3. The molecule has 2 aromatic rings. The molecular weight excluding hydrogens is 366 g/mol. The number of nitrogens with one attached hydrogen (secondary N) is 1. The first kappa shape index (κ1) is 19.2. The lowest BCUT2D eigenvalue weighted by Crippen LogP contribution is -2.51. The van der Waals surface area contributed by atoms with Crippen molar-refractivity contribution in [2.45, 2.75) is 19.3 Å². The maximum absolute atomic E-state index is 12.8. The van der Waals surface area contributed by atoms with E-state index in [-0.39, 0.29) is 23.6 Å². The molecule has 1 aliphatic carbocycles. The Morgan fingerprint density at radius 1 is 0.862 bits per heavy atom. The van der Waals surface area contributed by atoms with Gasteiger partial charge in [-0.25, -0.2) is 0 Å². The monoisotopic (exact) mass is 391 g/mol. The van der Waals surface area contributed by atoms with E-state index in [1.54, 1.807) is 29.2 Å². The molecule has 6 heteroatoms. The Balaban J connectivity index is 1.29. The summed E-state index contributed by atoms with van der Waals surface area (Å²) in [6.45, 7) is 3.68. The zero-order valence-electron chi connectivity index (χ0n) is 16.5. The molecule has 2 aromatic carbocycles. The van der Waals surface area contributed by atoms with Crippen LogP contribution < -0.4 is 5.32 Å². The molecule has 1 heterocycles. The summed E-state index contributed by atoms with van der Waals surface area (Å²) in [5, 5.41) is 2.69. The molecule has 1 aliphatic heterocycles. The lowest BCUT2D eigenvalue weighted by Gasteiger charge is -2.35. The third kappa shape index (κ3) is 4.31. The average Bonchev–Trinajstić information content (AvgIpc) is 3.55. The molecule has 2 fully saturated rings. The van der Waals surface area contributed by atoms with Crippen LogP contribution in [0.1, 0.15) is 35.2 Å². The van der Waals surface area contributed by atoms with Crippen molar-refractivity contribution < 1.29 is 14.4 Å². The minimum Gasteiger partial charge on any atom is -0.339 e. The fourth-order valence-electron chi connectivity index (χ4n) is 3.98. The molecule has 29 heavy (non-hydrogen) atoms. The second-order valence-corrected chi connectivity index (χ2v) is 7.74. The number of nitrogens with zero attached hydrogens (tertiary/aromatic N) is 2. The maximum Gasteiger partial charge on any atom is 0.253 e. The highest BCUT2D eigenvalue weighted by Gasteiger charge is 2.46. The molecule has 0 aromatic heterocycles. The van der Waals surface area contributed by atoms with Crippen molar-refractivity contribution in [3.63, 3.8) is 0 Å². The molecule has 1 N–H and O–H groups in total. The van der Waals surface area contributed by atoms with E-state index < -0.39 is 0 Å². The van der Waals surface area contributed by atoms with Gasteiger partial charge < -0.3 is 15.1 Å². The van der Waals surface area contributed by atoms with Crippen molar-refractivity contribution in [2.75, 3.05) is 31.5 Å². The van der Waals surface area contributed by atoms with Crippen LogP contribution in [0.25, 0.3) is 0 Å². The van der Waals surface area contributed by atoms with Crippen LogP contribution in [0.2, 0.25) is 0 Å². The molecule has 0 bridgehead atoms. The minimum atomic E-state index is -0.143. The second-order valence-electron chi connectivity index (χ2n) is 7.74. The van der Waals surface area contributed by atoms with Crippen LogP contribution in [-0.2, 0) is 9.59 Å². The maximum atomic E-state index is 12.8. The number of carbonyl (C=O) groups is 3. The van der Waals surface area contributed by atoms with E-state index in [9.17, 15) is 14.4 Å². The van der Waals surface area contributed by atoms with Crippen LogP contribution in [-0.4, -0.2) is 53.7 Å². The van der Waals surface area contributed by atoms with Gasteiger partial charge in [0.2, 0.25) is 11.8 Å². The fraction of sp³-hybridized carbons (Fsp3) is 0.348. The largest absolute Gasteiger partial charge is 0.339 e. The molecule has 0 spiro atoms. The predicted molar refractivity (Wildman–Crippen MR) is 111 cm³/mol. The van der Waals surface area contributed by atoms with Gasteiger partial charge in [-0.05, 0) is 42.2 Å². The molecule has 2 aliphatic rings. The summed E-state index contributed by atoms with van der Waals surface area (Å²) >= 11 is 0. The quantitative estimate of drug-likeness (QED) is 0.871. The first-order valence-electron chi connectivity index (χ1n) is 10.0. The Hall–Kier alpha value is -3.15. The van der Waals surface area contributed by atoms with Crippen LogP contribution >= 0.6 is 0 Å². The van der Waals surface area contributed by atoms with Gasteiger partial charge in [-0.3, -0.25) is 14.4 Å². The second kappa shape index (κ2) is 8.07. The predicted octanol–water partition coefficient (Wildman–Crippen LogP) is 2.73. The molecule has 6 nitrogen and oxygen atoms in total. The number of anilines is 1. The summed E-state index contributed by atoms with van der Waals surface area (Å²) in [6, 6.07) is 17.1. The third-order valence-electron chi connectivity index (χ3n) is 5.67. The van der Waals surface area contributed by atoms with E-state index in [2.05, 4.69) is 17.4 Å². The Morgan fingerprint density at radius 2 is 1.48 bits per heavy atom. The molecule has 2 atom stereocenters. The number of piperazine rings is 1. The molecule has 4 rings (SSSR count). The minimum absolute atomic E-state index is 0.0416. The zero-order chi connectivity index (χ0) is 20.4. The summed E-state index contributed by atoms with van der Waals surface area (Å²) in [5.41, 5.74) is 2.49. The van der Waals surface area contributed by atoms with Gasteiger partial charge in [0.1, 0.15) is 0 Å². The van der Waals surface area contributed by atoms with Crippen molar-refractivity contribution in [3.05, 3.63) is 65.7 Å². The number of hydrogen-bond acceptors (Lipinski definition) is 3. The van der Waals surface area contributed by atoms with E-state index in [0.717, 1.165) is 6.42 Å². The lowest BCUT2D eigenvalue weighted by molar-refractivity contribution is -0.134. The number of benzene rings is 2. The highest BCUT2D eigenvalue weighted by Crippen LogP contribution is 2.48. The Kier molecular flexibility index (Phi) is 5.34. The zero-order valence-corrected chi connectivity index (χ0v) is 16.5. The number of amides is 3. The highest BCUT2D eigenvalue weighted by molar-refractivity contribution is 5.95. The molecular formula is C23H25N3O3. The Labute approximate surface area is 170 Å². The van der Waals surface area contributed by atoms with Crippen LogP contribution in [0, 0.1) is 5.92 Å². The Morgan fingerprint density at radius 3 is 2.10 bits per heavy atom. The standard InChI is InChI=1S/C23H25N3O3/c1-16(27)24-19-9-7-18(8-10-19)22(28)25-11-13-26(14-12-25)23(29)21-15-20(21)17-5-3-2-4-6-17/h2-10,20-21H,11-15H2,1H3,(H,24,27)/t20-,21-/m1/s1. The Bertz CT molecular complexity index is 903. The molecule has 1 saturated carbocycles. The lowest BCUT2D eigenvalue weighted by atomic mass is 10.1. The fourth-order valence-corrected chi connectivity index (χ4v) is 3.98. The summed E-state index contributed by atoms with van der Waals surface area (Å²) in [7, 11) is 0. The van der Waals surface area contributed by atoms with Crippen LogP contribution in [0.15, 0.2) is 54.6 Å². The summed E-state index contributed by atoms with van der Waals surface area (Å²) < 4.78 is 0. The van der Waals surface area contributed by atoms with Gasteiger partial charge in [-0.15, -0.1) is 0 Å². The SMILES string of the molecule is CC(=O)Nc1ccc(C(=O)N2CCN(C(=O)[C@@H]3C[C@@H]3c3ccccc3)CC2)cc1. The smallest absolute Gasteiger partial charge is 0.253 e. The normalized spacial score (nSPS) is 20.9. The van der Waals surface area contributed by atoms with Gasteiger partial charge in [0, 0.05) is 50.3 Å². The molecule has 0 radical (unpaired) electrons. The van der Waals surface area contributed by atoms with Crippen LogP contribution in [0.4, 0.5) is 5.69 Å². The van der Waals surface area contributed by atoms with Crippen LogP contribution in [0.3, 0.4) is 0 Å². The van der Waals surface area contributed by atoms with Crippen molar-refractivity contribution >= 4 is 23.4 Å². The van der Waals surface area contributed by atoms with E-state index in [1.165, 1.54) is 12.5 Å². The van der Waals surface area contributed by atoms with Gasteiger partial charge in [0.05, 0.1) is 0 Å². The highest BCUT2D eigenvalue weighted by atomic mass is 16.2. The average molecular weight is 391 g/mol. The van der Waals surface area contributed by atoms with Crippen molar-refractivity contribution in [2.24, 2.45) is 5.92 Å².